The smallest absolute Gasteiger partial charge is 0.327 e. The number of aliphatic carboxylic acids is 1. The van der Waals surface area contributed by atoms with Crippen LogP contribution < -0.4 is 11.1 Å². The summed E-state index contributed by atoms with van der Waals surface area (Å²) in [6.07, 6.45) is 1.95. The first-order valence-corrected chi connectivity index (χ1v) is 5.22. The molecule has 1 atom stereocenters. The van der Waals surface area contributed by atoms with Crippen LogP contribution in [0.3, 0.4) is 0 Å². The lowest BCUT2D eigenvalue weighted by Crippen LogP contribution is -2.43. The SMILES string of the molecule is CSC[C@H](NC(=O)CCN)C(=O)O. The largest absolute Gasteiger partial charge is 0.480 e. The molecule has 0 unspecified atom stereocenters. The summed E-state index contributed by atoms with van der Waals surface area (Å²) in [6, 6.07) is -0.811. The van der Waals surface area contributed by atoms with Gasteiger partial charge < -0.3 is 16.2 Å². The van der Waals surface area contributed by atoms with Crippen molar-refractivity contribution in [1.82, 2.24) is 5.32 Å². The molecule has 0 rings (SSSR count). The van der Waals surface area contributed by atoms with E-state index in [4.69, 9.17) is 10.8 Å². The molecule has 6 heteroatoms. The van der Waals surface area contributed by atoms with Crippen LogP contribution in [0.15, 0.2) is 0 Å². The molecule has 0 bridgehead atoms. The topological polar surface area (TPSA) is 92.4 Å². The highest BCUT2D eigenvalue weighted by atomic mass is 32.2. The second-order valence-corrected chi connectivity index (χ2v) is 3.36. The summed E-state index contributed by atoms with van der Waals surface area (Å²) in [7, 11) is 0. The number of nitrogens with two attached hydrogens (primary N) is 1. The van der Waals surface area contributed by atoms with Crippen molar-refractivity contribution in [2.75, 3.05) is 18.6 Å². The lowest BCUT2D eigenvalue weighted by Gasteiger charge is -2.12. The van der Waals surface area contributed by atoms with Crippen molar-refractivity contribution in [2.24, 2.45) is 5.73 Å². The number of hydrogen-bond acceptors (Lipinski definition) is 4. The van der Waals surface area contributed by atoms with E-state index in [-0.39, 0.29) is 18.9 Å². The predicted octanol–water partition coefficient (Wildman–Crippen LogP) is -0.732. The fourth-order valence-electron chi connectivity index (χ4n) is 0.739. The molecule has 13 heavy (non-hydrogen) atoms. The fraction of sp³-hybridized carbons (Fsp3) is 0.714. The number of amides is 1. The second-order valence-electron chi connectivity index (χ2n) is 2.45. The van der Waals surface area contributed by atoms with E-state index in [0.717, 1.165) is 0 Å². The van der Waals surface area contributed by atoms with E-state index >= 15 is 0 Å². The van der Waals surface area contributed by atoms with Crippen molar-refractivity contribution >= 4 is 23.6 Å². The molecule has 0 spiro atoms. The van der Waals surface area contributed by atoms with Gasteiger partial charge in [-0.2, -0.15) is 11.8 Å². The summed E-state index contributed by atoms with van der Waals surface area (Å²) in [5, 5.41) is 11.0. The zero-order valence-electron chi connectivity index (χ0n) is 7.45. The summed E-state index contributed by atoms with van der Waals surface area (Å²) in [5.74, 6) is -0.963. The summed E-state index contributed by atoms with van der Waals surface area (Å²) < 4.78 is 0. The third-order valence-electron chi connectivity index (χ3n) is 1.34. The summed E-state index contributed by atoms with van der Waals surface area (Å²) in [5.41, 5.74) is 5.14. The van der Waals surface area contributed by atoms with Crippen LogP contribution >= 0.6 is 11.8 Å². The molecule has 0 aliphatic carbocycles. The van der Waals surface area contributed by atoms with Gasteiger partial charge >= 0.3 is 5.97 Å². The number of nitrogens with one attached hydrogen (secondary N) is 1. The molecule has 76 valence electrons. The standard InChI is InChI=1S/C7H14N2O3S/c1-13-4-5(7(11)12)9-6(10)2-3-8/h5H,2-4,8H2,1H3,(H,9,10)(H,11,12)/t5-/m0/s1. The van der Waals surface area contributed by atoms with Gasteiger partial charge in [0.25, 0.3) is 0 Å². The number of hydrogen-bond donors (Lipinski definition) is 3. The van der Waals surface area contributed by atoms with Crippen LogP contribution in [0.1, 0.15) is 6.42 Å². The normalized spacial score (nSPS) is 12.2. The quantitative estimate of drug-likeness (QED) is 0.532. The number of carboxylic acid groups (broad SMARTS) is 1. The number of carboxylic acids is 1. The minimum absolute atomic E-state index is 0.165. The van der Waals surface area contributed by atoms with Crippen molar-refractivity contribution in [2.45, 2.75) is 12.5 Å². The van der Waals surface area contributed by atoms with Gasteiger partial charge in [-0.25, -0.2) is 4.79 Å². The zero-order chi connectivity index (χ0) is 10.3. The van der Waals surface area contributed by atoms with E-state index in [2.05, 4.69) is 5.32 Å². The van der Waals surface area contributed by atoms with Gasteiger partial charge in [-0.15, -0.1) is 0 Å². The van der Waals surface area contributed by atoms with Crippen LogP contribution in [0.5, 0.6) is 0 Å². The minimum atomic E-state index is -1.01. The predicted molar refractivity (Wildman–Crippen MR) is 51.6 cm³/mol. The molecule has 4 N–H and O–H groups in total. The van der Waals surface area contributed by atoms with E-state index in [1.807, 2.05) is 0 Å². The van der Waals surface area contributed by atoms with Crippen molar-refractivity contribution in [3.8, 4) is 0 Å². The minimum Gasteiger partial charge on any atom is -0.480 e. The van der Waals surface area contributed by atoms with E-state index in [1.54, 1.807) is 6.26 Å². The molecule has 0 fully saturated rings. The Morgan fingerprint density at radius 1 is 1.62 bits per heavy atom. The second kappa shape index (κ2) is 6.73. The number of rotatable bonds is 6. The van der Waals surface area contributed by atoms with Gasteiger partial charge in [0.1, 0.15) is 6.04 Å². The summed E-state index contributed by atoms with van der Waals surface area (Å²) >= 11 is 1.37. The Morgan fingerprint density at radius 2 is 2.23 bits per heavy atom. The first-order chi connectivity index (χ1) is 6.11. The molecule has 0 heterocycles. The fourth-order valence-corrected chi connectivity index (χ4v) is 1.30. The van der Waals surface area contributed by atoms with Gasteiger partial charge in [-0.3, -0.25) is 4.79 Å². The van der Waals surface area contributed by atoms with Crippen LogP contribution in [0.2, 0.25) is 0 Å². The van der Waals surface area contributed by atoms with Crippen LogP contribution in [-0.4, -0.2) is 41.6 Å². The maximum Gasteiger partial charge on any atom is 0.327 e. The van der Waals surface area contributed by atoms with Crippen LogP contribution in [0.25, 0.3) is 0 Å². The highest BCUT2D eigenvalue weighted by Crippen LogP contribution is 1.97. The van der Waals surface area contributed by atoms with Gasteiger partial charge in [0.05, 0.1) is 0 Å². The van der Waals surface area contributed by atoms with E-state index in [9.17, 15) is 9.59 Å². The lowest BCUT2D eigenvalue weighted by molar-refractivity contribution is -0.141. The summed E-state index contributed by atoms with van der Waals surface area (Å²) in [4.78, 5) is 21.5. The molecule has 0 saturated heterocycles. The third kappa shape index (κ3) is 5.48. The Morgan fingerprint density at radius 3 is 2.62 bits per heavy atom. The van der Waals surface area contributed by atoms with Gasteiger partial charge in [-0.1, -0.05) is 0 Å². The van der Waals surface area contributed by atoms with Gasteiger partial charge in [0.2, 0.25) is 5.91 Å². The average molecular weight is 206 g/mol. The Labute approximate surface area is 81.1 Å². The zero-order valence-corrected chi connectivity index (χ0v) is 8.26. The molecule has 0 radical (unpaired) electrons. The molecule has 0 aliphatic heterocycles. The summed E-state index contributed by atoms with van der Waals surface area (Å²) in [6.45, 7) is 0.234. The molecule has 0 aromatic heterocycles. The maximum atomic E-state index is 11.0. The first-order valence-electron chi connectivity index (χ1n) is 3.83. The van der Waals surface area contributed by atoms with Crippen LogP contribution in [-0.2, 0) is 9.59 Å². The Bertz CT molecular complexity index is 187. The molecule has 5 nitrogen and oxygen atoms in total. The van der Waals surface area contributed by atoms with E-state index in [0.29, 0.717) is 5.75 Å². The molecule has 1 amide bonds. The van der Waals surface area contributed by atoms with E-state index in [1.165, 1.54) is 11.8 Å². The molecule has 0 saturated carbocycles. The van der Waals surface area contributed by atoms with Crippen LogP contribution in [0, 0.1) is 0 Å². The third-order valence-corrected chi connectivity index (χ3v) is 2.00. The first kappa shape index (κ1) is 12.2. The average Bonchev–Trinajstić information content (AvgIpc) is 2.04. The highest BCUT2D eigenvalue weighted by molar-refractivity contribution is 7.98. The highest BCUT2D eigenvalue weighted by Gasteiger charge is 2.18. The van der Waals surface area contributed by atoms with E-state index < -0.39 is 12.0 Å². The molecular formula is C7H14N2O3S. The number of thioether (sulfide) groups is 1. The van der Waals surface area contributed by atoms with Crippen molar-refractivity contribution in [3.63, 3.8) is 0 Å². The Balaban J connectivity index is 3.94. The Kier molecular flexibility index (Phi) is 6.34. The Hall–Kier alpha value is -0.750. The van der Waals surface area contributed by atoms with Gasteiger partial charge in [0, 0.05) is 18.7 Å². The molecule has 0 aliphatic rings. The van der Waals surface area contributed by atoms with Crippen molar-refractivity contribution < 1.29 is 14.7 Å². The number of carbonyl (C=O) groups excluding carboxylic acids is 1. The maximum absolute atomic E-state index is 11.0. The number of carbonyl (C=O) groups is 2. The molecular weight excluding hydrogens is 192 g/mol. The molecule has 0 aromatic rings. The van der Waals surface area contributed by atoms with Gasteiger partial charge in [0.15, 0.2) is 0 Å². The monoisotopic (exact) mass is 206 g/mol. The van der Waals surface area contributed by atoms with Crippen LogP contribution in [0.4, 0.5) is 0 Å². The van der Waals surface area contributed by atoms with Gasteiger partial charge in [-0.05, 0) is 6.26 Å². The van der Waals surface area contributed by atoms with Crippen molar-refractivity contribution in [3.05, 3.63) is 0 Å². The molecule has 0 aromatic carbocycles. The van der Waals surface area contributed by atoms with Crippen molar-refractivity contribution in [1.29, 1.82) is 0 Å². The lowest BCUT2D eigenvalue weighted by atomic mass is 10.3.